The third kappa shape index (κ3) is 2.97. The summed E-state index contributed by atoms with van der Waals surface area (Å²) in [7, 11) is 1.61. The van der Waals surface area contributed by atoms with Crippen molar-refractivity contribution >= 4 is 5.91 Å². The highest BCUT2D eigenvalue weighted by Gasteiger charge is 2.32. The molecule has 98 valence electrons. The van der Waals surface area contributed by atoms with E-state index in [1.807, 2.05) is 4.90 Å². The van der Waals surface area contributed by atoms with Gasteiger partial charge in [0.25, 0.3) is 0 Å². The van der Waals surface area contributed by atoms with Crippen LogP contribution in [0.3, 0.4) is 0 Å². The highest BCUT2D eigenvalue weighted by molar-refractivity contribution is 5.77. The Morgan fingerprint density at radius 1 is 1.47 bits per heavy atom. The first-order valence-corrected chi connectivity index (χ1v) is 6.49. The second-order valence-electron chi connectivity index (χ2n) is 4.97. The van der Waals surface area contributed by atoms with Crippen LogP contribution in [0.2, 0.25) is 0 Å². The van der Waals surface area contributed by atoms with Crippen LogP contribution in [0, 0.1) is 0 Å². The van der Waals surface area contributed by atoms with Crippen LogP contribution in [0.5, 0.6) is 0 Å². The molecule has 5 nitrogen and oxygen atoms in total. The van der Waals surface area contributed by atoms with E-state index in [1.54, 1.807) is 7.11 Å². The minimum atomic E-state index is -0.135. The maximum Gasteiger partial charge on any atom is 0.225 e. The number of hydrogen-bond acceptors (Lipinski definition) is 4. The van der Waals surface area contributed by atoms with Gasteiger partial charge in [0.2, 0.25) is 5.91 Å². The van der Waals surface area contributed by atoms with Crippen LogP contribution in [0.15, 0.2) is 0 Å². The molecule has 2 atom stereocenters. The van der Waals surface area contributed by atoms with E-state index >= 15 is 0 Å². The summed E-state index contributed by atoms with van der Waals surface area (Å²) < 4.78 is 5.16. The largest absolute Gasteiger partial charge is 0.380 e. The van der Waals surface area contributed by atoms with Crippen molar-refractivity contribution in [3.63, 3.8) is 0 Å². The molecule has 0 aromatic heterocycles. The Morgan fingerprint density at radius 3 is 3.00 bits per heavy atom. The third-order valence-corrected chi connectivity index (χ3v) is 3.94. The Balaban J connectivity index is 1.83. The first-order chi connectivity index (χ1) is 8.24. The second kappa shape index (κ2) is 5.80. The minimum Gasteiger partial charge on any atom is -0.380 e. The van der Waals surface area contributed by atoms with Crippen LogP contribution < -0.4 is 5.73 Å². The molecule has 2 saturated heterocycles. The number of carbonyl (C=O) groups is 1. The molecule has 0 saturated carbocycles. The molecule has 0 aliphatic carbocycles. The fourth-order valence-electron chi connectivity index (χ4n) is 2.80. The first kappa shape index (κ1) is 12.8. The number of nitrogens with two attached hydrogens (primary N) is 1. The van der Waals surface area contributed by atoms with Crippen LogP contribution >= 0.6 is 0 Å². The lowest BCUT2D eigenvalue weighted by molar-refractivity contribution is -0.136. The lowest BCUT2D eigenvalue weighted by Crippen LogP contribution is -2.52. The van der Waals surface area contributed by atoms with Crippen molar-refractivity contribution in [2.45, 2.75) is 31.4 Å². The standard InChI is InChI=1S/C12H23N3O2/c1-17-11(8-13)7-12(16)15-6-5-14-4-2-3-10(14)9-15/h10-11H,2-9,13H2,1H3. The number of nitrogens with zero attached hydrogens (tertiary/aromatic N) is 2. The number of rotatable bonds is 4. The van der Waals surface area contributed by atoms with E-state index in [0.29, 0.717) is 19.0 Å². The highest BCUT2D eigenvalue weighted by atomic mass is 16.5. The van der Waals surface area contributed by atoms with Gasteiger partial charge in [0.15, 0.2) is 0 Å². The predicted octanol–water partition coefficient (Wildman–Crippen LogP) is -0.343. The summed E-state index contributed by atoms with van der Waals surface area (Å²) in [6.45, 7) is 4.38. The van der Waals surface area contributed by atoms with E-state index in [1.165, 1.54) is 19.4 Å². The van der Waals surface area contributed by atoms with Crippen molar-refractivity contribution in [1.29, 1.82) is 0 Å². The molecule has 0 aromatic carbocycles. The fourth-order valence-corrected chi connectivity index (χ4v) is 2.80. The number of amides is 1. The van der Waals surface area contributed by atoms with E-state index in [2.05, 4.69) is 4.90 Å². The van der Waals surface area contributed by atoms with Gasteiger partial charge < -0.3 is 15.4 Å². The molecule has 0 aromatic rings. The zero-order valence-electron chi connectivity index (χ0n) is 10.6. The molecule has 2 aliphatic heterocycles. The average molecular weight is 241 g/mol. The second-order valence-corrected chi connectivity index (χ2v) is 4.97. The maximum atomic E-state index is 12.1. The van der Waals surface area contributed by atoms with Gasteiger partial charge in [-0.3, -0.25) is 9.69 Å². The number of ether oxygens (including phenoxy) is 1. The average Bonchev–Trinajstić information content (AvgIpc) is 2.82. The lowest BCUT2D eigenvalue weighted by Gasteiger charge is -2.37. The van der Waals surface area contributed by atoms with Crippen molar-refractivity contribution in [3.8, 4) is 0 Å². The molecule has 17 heavy (non-hydrogen) atoms. The fraction of sp³-hybridized carbons (Fsp3) is 0.917. The first-order valence-electron chi connectivity index (χ1n) is 6.49. The third-order valence-electron chi connectivity index (χ3n) is 3.94. The summed E-state index contributed by atoms with van der Waals surface area (Å²) in [4.78, 5) is 16.6. The van der Waals surface area contributed by atoms with E-state index in [-0.39, 0.29) is 12.0 Å². The Bertz CT molecular complexity index is 268. The van der Waals surface area contributed by atoms with Gasteiger partial charge in [0.05, 0.1) is 12.5 Å². The van der Waals surface area contributed by atoms with Crippen LogP contribution in [0.1, 0.15) is 19.3 Å². The molecular formula is C12H23N3O2. The van der Waals surface area contributed by atoms with Gasteiger partial charge in [-0.25, -0.2) is 0 Å². The topological polar surface area (TPSA) is 58.8 Å². The van der Waals surface area contributed by atoms with Crippen molar-refractivity contribution in [1.82, 2.24) is 9.80 Å². The van der Waals surface area contributed by atoms with Gasteiger partial charge in [-0.05, 0) is 19.4 Å². The van der Waals surface area contributed by atoms with E-state index in [0.717, 1.165) is 19.6 Å². The summed E-state index contributed by atoms with van der Waals surface area (Å²) in [6, 6.07) is 0.589. The molecule has 2 rings (SSSR count). The molecule has 5 heteroatoms. The maximum absolute atomic E-state index is 12.1. The number of piperazine rings is 1. The zero-order valence-corrected chi connectivity index (χ0v) is 10.6. The van der Waals surface area contributed by atoms with Gasteiger partial charge >= 0.3 is 0 Å². The summed E-state index contributed by atoms with van der Waals surface area (Å²) >= 11 is 0. The predicted molar refractivity (Wildman–Crippen MR) is 65.6 cm³/mol. The Hall–Kier alpha value is -0.650. The van der Waals surface area contributed by atoms with E-state index < -0.39 is 0 Å². The molecule has 0 radical (unpaired) electrons. The zero-order chi connectivity index (χ0) is 12.3. The van der Waals surface area contributed by atoms with Crippen LogP contribution in [-0.2, 0) is 9.53 Å². The van der Waals surface area contributed by atoms with E-state index in [4.69, 9.17) is 10.5 Å². The van der Waals surface area contributed by atoms with Gasteiger partial charge in [-0.15, -0.1) is 0 Å². The van der Waals surface area contributed by atoms with Gasteiger partial charge in [0, 0.05) is 39.3 Å². The van der Waals surface area contributed by atoms with Gasteiger partial charge in [-0.1, -0.05) is 0 Å². The molecule has 2 fully saturated rings. The Labute approximate surface area is 103 Å². The van der Waals surface area contributed by atoms with Crippen LogP contribution in [0.4, 0.5) is 0 Å². The molecule has 2 N–H and O–H groups in total. The van der Waals surface area contributed by atoms with Gasteiger partial charge in [-0.2, -0.15) is 0 Å². The molecule has 1 amide bonds. The van der Waals surface area contributed by atoms with Crippen molar-refractivity contribution < 1.29 is 9.53 Å². The number of fused-ring (bicyclic) bond motifs is 1. The lowest BCUT2D eigenvalue weighted by atomic mass is 10.1. The molecular weight excluding hydrogens is 218 g/mol. The number of methoxy groups -OCH3 is 1. The monoisotopic (exact) mass is 241 g/mol. The van der Waals surface area contributed by atoms with Crippen molar-refractivity contribution in [3.05, 3.63) is 0 Å². The Morgan fingerprint density at radius 2 is 2.29 bits per heavy atom. The summed E-state index contributed by atoms with van der Waals surface area (Å²) in [5.74, 6) is 0.189. The summed E-state index contributed by atoms with van der Waals surface area (Å²) in [5.41, 5.74) is 5.54. The van der Waals surface area contributed by atoms with Crippen molar-refractivity contribution in [2.75, 3.05) is 39.8 Å². The van der Waals surface area contributed by atoms with Crippen molar-refractivity contribution in [2.24, 2.45) is 5.73 Å². The SMILES string of the molecule is COC(CN)CC(=O)N1CCN2CCCC2C1. The molecule has 0 bridgehead atoms. The molecule has 2 unspecified atom stereocenters. The smallest absolute Gasteiger partial charge is 0.225 e. The molecule has 2 aliphatic rings. The molecule has 0 spiro atoms. The quantitative estimate of drug-likeness (QED) is 0.731. The summed E-state index contributed by atoms with van der Waals surface area (Å²) in [5, 5.41) is 0. The Kier molecular flexibility index (Phi) is 4.36. The van der Waals surface area contributed by atoms with Crippen LogP contribution in [0.25, 0.3) is 0 Å². The number of hydrogen-bond donors (Lipinski definition) is 1. The van der Waals surface area contributed by atoms with Gasteiger partial charge in [0.1, 0.15) is 0 Å². The number of carbonyl (C=O) groups excluding carboxylic acids is 1. The minimum absolute atomic E-state index is 0.135. The van der Waals surface area contributed by atoms with Crippen LogP contribution in [-0.4, -0.2) is 67.7 Å². The normalized spacial score (nSPS) is 26.9. The van der Waals surface area contributed by atoms with E-state index in [9.17, 15) is 4.79 Å². The molecule has 2 heterocycles. The highest BCUT2D eigenvalue weighted by Crippen LogP contribution is 2.21. The summed E-state index contributed by atoms with van der Waals surface area (Å²) in [6.07, 6.45) is 2.79.